The first kappa shape index (κ1) is 14.3. The average molecular weight is 280 g/mol. The molecule has 3 rings (SSSR count). The van der Waals surface area contributed by atoms with Crippen LogP contribution >= 0.6 is 0 Å². The summed E-state index contributed by atoms with van der Waals surface area (Å²) in [6.07, 6.45) is 0. The molecule has 2 atom stereocenters. The van der Waals surface area contributed by atoms with Crippen LogP contribution in [-0.2, 0) is 13.1 Å². The van der Waals surface area contributed by atoms with Crippen LogP contribution in [0, 0.1) is 6.92 Å². The fourth-order valence-corrected chi connectivity index (χ4v) is 3.32. The zero-order valence-corrected chi connectivity index (χ0v) is 13.1. The van der Waals surface area contributed by atoms with E-state index in [4.69, 9.17) is 0 Å². The topological polar surface area (TPSA) is 15.3 Å². The smallest absolute Gasteiger partial charge is 0.0473 e. The van der Waals surface area contributed by atoms with Gasteiger partial charge in [-0.25, -0.2) is 0 Å². The lowest BCUT2D eigenvalue weighted by molar-refractivity contribution is 0.174. The van der Waals surface area contributed by atoms with Crippen molar-refractivity contribution in [2.45, 2.75) is 39.0 Å². The molecule has 2 aromatic carbocycles. The predicted molar refractivity (Wildman–Crippen MR) is 88.1 cm³/mol. The van der Waals surface area contributed by atoms with Gasteiger partial charge in [0, 0.05) is 25.2 Å². The minimum atomic E-state index is 0.361. The fourth-order valence-electron chi connectivity index (χ4n) is 3.32. The number of benzene rings is 2. The van der Waals surface area contributed by atoms with Gasteiger partial charge in [-0.05, 0) is 37.6 Å². The highest BCUT2D eigenvalue weighted by Crippen LogP contribution is 2.29. The SMILES string of the molecule is CNC(c1ccc(C)cc1)C(C)N1Cc2ccccc2C1. The number of likely N-dealkylation sites (N-methyl/N-ethyl adjacent to an activating group) is 1. The number of hydrogen-bond acceptors (Lipinski definition) is 2. The molecule has 0 spiro atoms. The molecule has 0 amide bonds. The molecular formula is C19H24N2. The van der Waals surface area contributed by atoms with E-state index in [9.17, 15) is 0 Å². The zero-order valence-electron chi connectivity index (χ0n) is 13.1. The van der Waals surface area contributed by atoms with Crippen molar-refractivity contribution in [1.82, 2.24) is 10.2 Å². The molecule has 2 heteroatoms. The molecule has 0 saturated heterocycles. The lowest BCUT2D eigenvalue weighted by Crippen LogP contribution is -2.39. The van der Waals surface area contributed by atoms with Gasteiger partial charge in [0.2, 0.25) is 0 Å². The molecule has 0 aromatic heterocycles. The number of nitrogens with zero attached hydrogens (tertiary/aromatic N) is 1. The van der Waals surface area contributed by atoms with Gasteiger partial charge in [-0.2, -0.15) is 0 Å². The van der Waals surface area contributed by atoms with E-state index in [1.165, 1.54) is 22.3 Å². The number of hydrogen-bond donors (Lipinski definition) is 1. The predicted octanol–water partition coefficient (Wildman–Crippen LogP) is 3.66. The van der Waals surface area contributed by atoms with E-state index >= 15 is 0 Å². The van der Waals surface area contributed by atoms with Crippen LogP contribution < -0.4 is 5.32 Å². The van der Waals surface area contributed by atoms with Gasteiger partial charge in [0.25, 0.3) is 0 Å². The second-order valence-electron chi connectivity index (χ2n) is 6.09. The lowest BCUT2D eigenvalue weighted by Gasteiger charge is -2.32. The Hall–Kier alpha value is -1.64. The Kier molecular flexibility index (Phi) is 4.09. The molecule has 1 N–H and O–H groups in total. The molecule has 0 bridgehead atoms. The van der Waals surface area contributed by atoms with Crippen molar-refractivity contribution in [3.05, 3.63) is 70.8 Å². The van der Waals surface area contributed by atoms with E-state index in [1.807, 2.05) is 0 Å². The molecule has 0 aliphatic carbocycles. The summed E-state index contributed by atoms with van der Waals surface area (Å²) >= 11 is 0. The van der Waals surface area contributed by atoms with Crippen LogP contribution in [0.25, 0.3) is 0 Å². The quantitative estimate of drug-likeness (QED) is 0.919. The van der Waals surface area contributed by atoms with Gasteiger partial charge < -0.3 is 5.32 Å². The summed E-state index contributed by atoms with van der Waals surface area (Å²) in [4.78, 5) is 2.56. The number of nitrogens with one attached hydrogen (secondary N) is 1. The maximum atomic E-state index is 3.50. The highest BCUT2D eigenvalue weighted by Gasteiger charge is 2.28. The van der Waals surface area contributed by atoms with Crippen molar-refractivity contribution >= 4 is 0 Å². The molecular weight excluding hydrogens is 256 g/mol. The van der Waals surface area contributed by atoms with E-state index in [0.717, 1.165) is 13.1 Å². The molecule has 0 saturated carbocycles. The highest BCUT2D eigenvalue weighted by atomic mass is 15.2. The molecule has 0 fully saturated rings. The van der Waals surface area contributed by atoms with E-state index in [-0.39, 0.29) is 0 Å². The molecule has 1 heterocycles. The third kappa shape index (κ3) is 2.87. The Bertz CT molecular complexity index is 578. The molecule has 110 valence electrons. The van der Waals surface area contributed by atoms with Crippen molar-refractivity contribution < 1.29 is 0 Å². The fraction of sp³-hybridized carbons (Fsp3) is 0.368. The summed E-state index contributed by atoms with van der Waals surface area (Å²) in [6, 6.07) is 18.5. The van der Waals surface area contributed by atoms with Gasteiger partial charge in [-0.15, -0.1) is 0 Å². The van der Waals surface area contributed by atoms with Gasteiger partial charge >= 0.3 is 0 Å². The molecule has 1 aliphatic heterocycles. The van der Waals surface area contributed by atoms with Crippen LogP contribution in [-0.4, -0.2) is 18.0 Å². The second kappa shape index (κ2) is 6.00. The monoisotopic (exact) mass is 280 g/mol. The summed E-state index contributed by atoms with van der Waals surface area (Å²) in [5, 5.41) is 3.50. The summed E-state index contributed by atoms with van der Waals surface area (Å²) in [6.45, 7) is 6.58. The lowest BCUT2D eigenvalue weighted by atomic mass is 9.98. The van der Waals surface area contributed by atoms with Crippen molar-refractivity contribution in [2.75, 3.05) is 7.05 Å². The Balaban J connectivity index is 1.78. The Morgan fingerprint density at radius 2 is 1.52 bits per heavy atom. The molecule has 2 unspecified atom stereocenters. The first-order valence-electron chi connectivity index (χ1n) is 7.73. The molecule has 1 aliphatic rings. The van der Waals surface area contributed by atoms with Crippen LogP contribution in [0.1, 0.15) is 35.2 Å². The zero-order chi connectivity index (χ0) is 14.8. The van der Waals surface area contributed by atoms with Crippen LogP contribution in [0.4, 0.5) is 0 Å². The minimum absolute atomic E-state index is 0.361. The van der Waals surface area contributed by atoms with Crippen molar-refractivity contribution in [3.63, 3.8) is 0 Å². The first-order chi connectivity index (χ1) is 10.2. The third-order valence-corrected chi connectivity index (χ3v) is 4.67. The normalized spacial score (nSPS) is 17.5. The Morgan fingerprint density at radius 1 is 0.952 bits per heavy atom. The largest absolute Gasteiger partial charge is 0.312 e. The first-order valence-corrected chi connectivity index (χ1v) is 7.73. The maximum Gasteiger partial charge on any atom is 0.0473 e. The molecule has 2 aromatic rings. The van der Waals surface area contributed by atoms with Gasteiger partial charge in [0.05, 0.1) is 0 Å². The Morgan fingerprint density at radius 3 is 2.05 bits per heavy atom. The third-order valence-electron chi connectivity index (χ3n) is 4.67. The second-order valence-corrected chi connectivity index (χ2v) is 6.09. The van der Waals surface area contributed by atoms with Crippen LogP contribution in [0.15, 0.2) is 48.5 Å². The maximum absolute atomic E-state index is 3.50. The number of fused-ring (bicyclic) bond motifs is 1. The van der Waals surface area contributed by atoms with Crippen molar-refractivity contribution in [3.8, 4) is 0 Å². The summed E-state index contributed by atoms with van der Waals surface area (Å²) in [5.74, 6) is 0. The van der Waals surface area contributed by atoms with Gasteiger partial charge in [-0.3, -0.25) is 4.90 Å². The van der Waals surface area contributed by atoms with Crippen molar-refractivity contribution in [2.24, 2.45) is 0 Å². The van der Waals surface area contributed by atoms with Crippen LogP contribution in [0.2, 0.25) is 0 Å². The summed E-state index contributed by atoms with van der Waals surface area (Å²) in [5.41, 5.74) is 5.63. The minimum Gasteiger partial charge on any atom is -0.312 e. The standard InChI is InChI=1S/C19H24N2/c1-14-8-10-16(11-9-14)19(20-3)15(2)21-12-17-6-4-5-7-18(17)13-21/h4-11,15,19-20H,12-13H2,1-3H3. The highest BCUT2D eigenvalue weighted by molar-refractivity contribution is 5.31. The Labute approximate surface area is 127 Å². The summed E-state index contributed by atoms with van der Waals surface area (Å²) in [7, 11) is 2.06. The van der Waals surface area contributed by atoms with E-state index < -0.39 is 0 Å². The van der Waals surface area contributed by atoms with Gasteiger partial charge in [-0.1, -0.05) is 54.1 Å². The molecule has 0 radical (unpaired) electrons. The van der Waals surface area contributed by atoms with E-state index in [0.29, 0.717) is 12.1 Å². The van der Waals surface area contributed by atoms with E-state index in [2.05, 4.69) is 79.6 Å². The summed E-state index contributed by atoms with van der Waals surface area (Å²) < 4.78 is 0. The molecule has 2 nitrogen and oxygen atoms in total. The number of aryl methyl sites for hydroxylation is 1. The van der Waals surface area contributed by atoms with Crippen LogP contribution in [0.3, 0.4) is 0 Å². The van der Waals surface area contributed by atoms with Gasteiger partial charge in [0.15, 0.2) is 0 Å². The van der Waals surface area contributed by atoms with E-state index in [1.54, 1.807) is 0 Å². The van der Waals surface area contributed by atoms with Gasteiger partial charge in [0.1, 0.15) is 0 Å². The van der Waals surface area contributed by atoms with Crippen molar-refractivity contribution in [1.29, 1.82) is 0 Å². The number of rotatable bonds is 4. The van der Waals surface area contributed by atoms with Crippen LogP contribution in [0.5, 0.6) is 0 Å². The average Bonchev–Trinajstić information content (AvgIpc) is 2.93. The molecule has 21 heavy (non-hydrogen) atoms.